The molecule has 0 aromatic rings. The summed E-state index contributed by atoms with van der Waals surface area (Å²) in [4.78, 5) is 2.66. The Labute approximate surface area is 114 Å². The zero-order valence-electron chi connectivity index (χ0n) is 12.5. The van der Waals surface area contributed by atoms with Crippen molar-refractivity contribution < 1.29 is 5.11 Å². The molecule has 2 unspecified atom stereocenters. The second kappa shape index (κ2) is 9.80. The summed E-state index contributed by atoms with van der Waals surface area (Å²) in [6.07, 6.45) is 13.0. The van der Waals surface area contributed by atoms with Crippen LogP contribution in [0.1, 0.15) is 78.1 Å². The predicted octanol–water partition coefficient (Wildman–Crippen LogP) is 3.97. The van der Waals surface area contributed by atoms with Crippen LogP contribution in [0.3, 0.4) is 0 Å². The van der Waals surface area contributed by atoms with E-state index in [9.17, 15) is 5.11 Å². The molecule has 0 spiro atoms. The van der Waals surface area contributed by atoms with Crippen molar-refractivity contribution in [3.05, 3.63) is 0 Å². The fraction of sp³-hybridized carbons (Fsp3) is 1.00. The molecule has 0 radical (unpaired) electrons. The molecule has 2 nitrogen and oxygen atoms in total. The first kappa shape index (κ1) is 16.0. The van der Waals surface area contributed by atoms with Gasteiger partial charge in [0.1, 0.15) is 0 Å². The van der Waals surface area contributed by atoms with Gasteiger partial charge < -0.3 is 10.0 Å². The number of aliphatic hydroxyl groups excluding tert-OH is 1. The first-order valence-electron chi connectivity index (χ1n) is 8.16. The molecule has 1 aliphatic heterocycles. The molecule has 0 saturated carbocycles. The van der Waals surface area contributed by atoms with Crippen LogP contribution in [0.25, 0.3) is 0 Å². The summed E-state index contributed by atoms with van der Waals surface area (Å²) in [5.74, 6) is 0. The maximum Gasteiger partial charge on any atom is 0.0527 e. The van der Waals surface area contributed by atoms with Crippen LogP contribution >= 0.6 is 0 Å². The van der Waals surface area contributed by atoms with Crippen molar-refractivity contribution in [3.8, 4) is 0 Å². The van der Waals surface area contributed by atoms with Crippen molar-refractivity contribution in [3.63, 3.8) is 0 Å². The van der Waals surface area contributed by atoms with Gasteiger partial charge in [-0.25, -0.2) is 0 Å². The molecule has 1 fully saturated rings. The third-order valence-electron chi connectivity index (χ3n) is 4.16. The van der Waals surface area contributed by atoms with E-state index in [0.29, 0.717) is 6.04 Å². The summed E-state index contributed by atoms with van der Waals surface area (Å²) < 4.78 is 0. The van der Waals surface area contributed by atoms with Gasteiger partial charge in [-0.15, -0.1) is 0 Å². The summed E-state index contributed by atoms with van der Waals surface area (Å²) in [6, 6.07) is 0.638. The van der Waals surface area contributed by atoms with E-state index in [-0.39, 0.29) is 6.10 Å². The Balaban J connectivity index is 2.27. The van der Waals surface area contributed by atoms with E-state index in [1.165, 1.54) is 70.9 Å². The van der Waals surface area contributed by atoms with E-state index in [1.54, 1.807) is 0 Å². The van der Waals surface area contributed by atoms with Gasteiger partial charge in [-0.2, -0.15) is 0 Å². The van der Waals surface area contributed by atoms with Crippen molar-refractivity contribution in [2.24, 2.45) is 0 Å². The van der Waals surface area contributed by atoms with Crippen LogP contribution in [0.5, 0.6) is 0 Å². The summed E-state index contributed by atoms with van der Waals surface area (Å²) >= 11 is 0. The normalized spacial score (nSPS) is 23.8. The van der Waals surface area contributed by atoms with Crippen LogP contribution in [0.2, 0.25) is 0 Å². The number of aliphatic hydroxyl groups is 1. The topological polar surface area (TPSA) is 23.5 Å². The smallest absolute Gasteiger partial charge is 0.0527 e. The molecular weight excluding hydrogens is 222 g/mol. The minimum absolute atomic E-state index is 0.143. The van der Waals surface area contributed by atoms with E-state index in [2.05, 4.69) is 11.8 Å². The summed E-state index contributed by atoms with van der Waals surface area (Å²) in [7, 11) is 0. The SMILES string of the molecule is CCCCCCCN1CCCCCC1CC(C)O. The molecule has 2 heteroatoms. The number of hydrogen-bond acceptors (Lipinski definition) is 2. The molecule has 2 atom stereocenters. The minimum atomic E-state index is -0.143. The molecule has 0 aromatic carbocycles. The lowest BCUT2D eigenvalue weighted by Crippen LogP contribution is -2.37. The molecule has 1 N–H and O–H groups in total. The lowest BCUT2D eigenvalue weighted by molar-refractivity contribution is 0.111. The third-order valence-corrected chi connectivity index (χ3v) is 4.16. The molecular formula is C16H33NO. The average molecular weight is 255 g/mol. The highest BCUT2D eigenvalue weighted by molar-refractivity contribution is 4.77. The van der Waals surface area contributed by atoms with Crippen LogP contribution in [-0.2, 0) is 0 Å². The quantitative estimate of drug-likeness (QED) is 0.663. The van der Waals surface area contributed by atoms with Gasteiger partial charge in [0.05, 0.1) is 6.10 Å². The van der Waals surface area contributed by atoms with E-state index < -0.39 is 0 Å². The van der Waals surface area contributed by atoms with Crippen LogP contribution in [0.15, 0.2) is 0 Å². The van der Waals surface area contributed by atoms with Crippen molar-refractivity contribution in [2.75, 3.05) is 13.1 Å². The van der Waals surface area contributed by atoms with E-state index in [4.69, 9.17) is 0 Å². The van der Waals surface area contributed by atoms with Gasteiger partial charge >= 0.3 is 0 Å². The third kappa shape index (κ3) is 6.75. The summed E-state index contributed by atoms with van der Waals surface area (Å²) in [6.45, 7) is 6.71. The molecule has 1 aliphatic rings. The van der Waals surface area contributed by atoms with Gasteiger partial charge in [-0.3, -0.25) is 0 Å². The number of unbranched alkanes of at least 4 members (excludes halogenated alkanes) is 4. The van der Waals surface area contributed by atoms with Gasteiger partial charge in [0, 0.05) is 6.04 Å². The van der Waals surface area contributed by atoms with Crippen LogP contribution in [0, 0.1) is 0 Å². The summed E-state index contributed by atoms with van der Waals surface area (Å²) in [5.41, 5.74) is 0. The molecule has 18 heavy (non-hydrogen) atoms. The maximum atomic E-state index is 9.63. The van der Waals surface area contributed by atoms with Crippen molar-refractivity contribution in [1.29, 1.82) is 0 Å². The van der Waals surface area contributed by atoms with Gasteiger partial charge in [-0.1, -0.05) is 45.4 Å². The summed E-state index contributed by atoms with van der Waals surface area (Å²) in [5, 5.41) is 9.63. The van der Waals surface area contributed by atoms with E-state index in [1.807, 2.05) is 6.92 Å². The molecule has 1 rings (SSSR count). The van der Waals surface area contributed by atoms with Crippen LogP contribution in [-0.4, -0.2) is 35.2 Å². The molecule has 0 aliphatic carbocycles. The molecule has 0 bridgehead atoms. The Morgan fingerprint density at radius 2 is 1.89 bits per heavy atom. The highest BCUT2D eigenvalue weighted by Gasteiger charge is 2.21. The number of rotatable bonds is 8. The minimum Gasteiger partial charge on any atom is -0.393 e. The van der Waals surface area contributed by atoms with E-state index >= 15 is 0 Å². The lowest BCUT2D eigenvalue weighted by atomic mass is 10.0. The van der Waals surface area contributed by atoms with Crippen LogP contribution < -0.4 is 0 Å². The van der Waals surface area contributed by atoms with Gasteiger partial charge in [0.2, 0.25) is 0 Å². The molecule has 1 heterocycles. The van der Waals surface area contributed by atoms with Crippen LogP contribution in [0.4, 0.5) is 0 Å². The highest BCUT2D eigenvalue weighted by Crippen LogP contribution is 2.21. The Morgan fingerprint density at radius 1 is 1.11 bits per heavy atom. The fourth-order valence-corrected chi connectivity index (χ4v) is 3.11. The Kier molecular flexibility index (Phi) is 8.70. The second-order valence-corrected chi connectivity index (χ2v) is 6.04. The lowest BCUT2D eigenvalue weighted by Gasteiger charge is -2.30. The largest absolute Gasteiger partial charge is 0.393 e. The second-order valence-electron chi connectivity index (χ2n) is 6.04. The zero-order chi connectivity index (χ0) is 13.2. The molecule has 1 saturated heterocycles. The average Bonchev–Trinajstić information content (AvgIpc) is 2.54. The molecule has 0 amide bonds. The maximum absolute atomic E-state index is 9.63. The first-order valence-corrected chi connectivity index (χ1v) is 8.16. The number of hydrogen-bond donors (Lipinski definition) is 1. The van der Waals surface area contributed by atoms with E-state index in [0.717, 1.165) is 6.42 Å². The zero-order valence-corrected chi connectivity index (χ0v) is 12.5. The Bertz CT molecular complexity index is 194. The number of likely N-dealkylation sites (tertiary alicyclic amines) is 1. The van der Waals surface area contributed by atoms with Gasteiger partial charge in [0.15, 0.2) is 0 Å². The van der Waals surface area contributed by atoms with Crippen molar-refractivity contribution in [1.82, 2.24) is 4.90 Å². The van der Waals surface area contributed by atoms with Crippen molar-refractivity contribution in [2.45, 2.75) is 90.2 Å². The predicted molar refractivity (Wildman–Crippen MR) is 78.9 cm³/mol. The highest BCUT2D eigenvalue weighted by atomic mass is 16.3. The molecule has 108 valence electrons. The Morgan fingerprint density at radius 3 is 2.61 bits per heavy atom. The molecule has 0 aromatic heterocycles. The first-order chi connectivity index (χ1) is 8.74. The van der Waals surface area contributed by atoms with Crippen molar-refractivity contribution >= 4 is 0 Å². The fourth-order valence-electron chi connectivity index (χ4n) is 3.11. The Hall–Kier alpha value is -0.0800. The standard InChI is InChI=1S/C16H33NO/c1-3-4-5-6-9-12-17-13-10-7-8-11-16(17)14-15(2)18/h15-16,18H,3-14H2,1-2H3. The number of nitrogens with zero attached hydrogens (tertiary/aromatic N) is 1. The monoisotopic (exact) mass is 255 g/mol. The van der Waals surface area contributed by atoms with Gasteiger partial charge in [0.25, 0.3) is 0 Å². The van der Waals surface area contributed by atoms with Gasteiger partial charge in [-0.05, 0) is 45.7 Å².